The maximum atomic E-state index is 11.9. The molecule has 1 fully saturated rings. The van der Waals surface area contributed by atoms with Gasteiger partial charge in [0.1, 0.15) is 5.38 Å². The monoisotopic (exact) mass is 343 g/mol. The van der Waals surface area contributed by atoms with E-state index >= 15 is 0 Å². The molecule has 1 aromatic carbocycles. The highest BCUT2D eigenvalue weighted by Crippen LogP contribution is 2.31. The number of benzene rings is 1. The number of rotatable bonds is 2. The van der Waals surface area contributed by atoms with Crippen LogP contribution in [0.3, 0.4) is 0 Å². The van der Waals surface area contributed by atoms with Gasteiger partial charge in [0.05, 0.1) is 10.2 Å². The third-order valence-electron chi connectivity index (χ3n) is 3.54. The largest absolute Gasteiger partial charge is 0.345 e. The zero-order chi connectivity index (χ0) is 15.0. The van der Waals surface area contributed by atoms with Crippen LogP contribution in [0.1, 0.15) is 6.92 Å². The molecule has 1 aromatic heterocycles. The zero-order valence-corrected chi connectivity index (χ0v) is 13.9. The summed E-state index contributed by atoms with van der Waals surface area (Å²) in [5.41, 5.74) is 0.965. The molecule has 112 valence electrons. The SMILES string of the molecule is CC(Cl)C(=O)N1CCN(c2nc3ccc(Cl)cc3s2)CC1. The predicted octanol–water partition coefficient (Wildman–Crippen LogP) is 3.23. The number of alkyl halides is 1. The van der Waals surface area contributed by atoms with Gasteiger partial charge in [0.25, 0.3) is 0 Å². The first kappa shape index (κ1) is 14.9. The molecule has 1 saturated heterocycles. The maximum Gasteiger partial charge on any atom is 0.240 e. The number of anilines is 1. The number of halogens is 2. The Balaban J connectivity index is 1.72. The number of carbonyl (C=O) groups excluding carboxylic acids is 1. The highest BCUT2D eigenvalue weighted by Gasteiger charge is 2.25. The number of piperazine rings is 1. The van der Waals surface area contributed by atoms with Crippen molar-refractivity contribution in [1.82, 2.24) is 9.88 Å². The van der Waals surface area contributed by atoms with E-state index < -0.39 is 5.38 Å². The van der Waals surface area contributed by atoms with Gasteiger partial charge in [0, 0.05) is 31.2 Å². The Morgan fingerprint density at radius 2 is 2.05 bits per heavy atom. The molecule has 0 radical (unpaired) electrons. The highest BCUT2D eigenvalue weighted by molar-refractivity contribution is 7.22. The topological polar surface area (TPSA) is 36.4 Å². The second kappa shape index (κ2) is 5.99. The van der Waals surface area contributed by atoms with Gasteiger partial charge in [-0.2, -0.15) is 0 Å². The van der Waals surface area contributed by atoms with Crippen LogP contribution in [0.2, 0.25) is 5.02 Å². The second-order valence-corrected chi connectivity index (χ2v) is 7.14. The van der Waals surface area contributed by atoms with Crippen LogP contribution >= 0.6 is 34.5 Å². The summed E-state index contributed by atoms with van der Waals surface area (Å²) in [4.78, 5) is 20.5. The van der Waals surface area contributed by atoms with Crippen molar-refractivity contribution in [3.8, 4) is 0 Å². The maximum absolute atomic E-state index is 11.9. The summed E-state index contributed by atoms with van der Waals surface area (Å²) >= 11 is 13.5. The average molecular weight is 344 g/mol. The molecule has 1 aliphatic heterocycles. The van der Waals surface area contributed by atoms with E-state index in [9.17, 15) is 4.79 Å². The first-order chi connectivity index (χ1) is 10.0. The van der Waals surface area contributed by atoms with E-state index in [2.05, 4.69) is 9.88 Å². The normalized spacial score (nSPS) is 17.3. The second-order valence-electron chi connectivity index (χ2n) is 5.04. The lowest BCUT2D eigenvalue weighted by atomic mass is 10.3. The molecule has 0 bridgehead atoms. The lowest BCUT2D eigenvalue weighted by Crippen LogP contribution is -2.50. The van der Waals surface area contributed by atoms with E-state index in [0.717, 1.165) is 33.5 Å². The molecule has 0 saturated carbocycles. The third-order valence-corrected chi connectivity index (χ3v) is 5.04. The molecule has 0 spiro atoms. The summed E-state index contributed by atoms with van der Waals surface area (Å²) in [5, 5.41) is 1.25. The van der Waals surface area contributed by atoms with E-state index in [1.54, 1.807) is 18.3 Å². The van der Waals surface area contributed by atoms with Crippen molar-refractivity contribution in [3.05, 3.63) is 23.2 Å². The Kier molecular flexibility index (Phi) is 4.24. The van der Waals surface area contributed by atoms with Crippen LogP contribution < -0.4 is 4.90 Å². The molecule has 21 heavy (non-hydrogen) atoms. The molecule has 1 amide bonds. The van der Waals surface area contributed by atoms with E-state index in [4.69, 9.17) is 23.2 Å². The number of hydrogen-bond acceptors (Lipinski definition) is 4. The number of thiazole rings is 1. The van der Waals surface area contributed by atoms with Crippen LogP contribution in [-0.2, 0) is 4.79 Å². The van der Waals surface area contributed by atoms with E-state index in [-0.39, 0.29) is 5.91 Å². The lowest BCUT2D eigenvalue weighted by molar-refractivity contribution is -0.130. The van der Waals surface area contributed by atoms with Gasteiger partial charge in [-0.25, -0.2) is 4.98 Å². The van der Waals surface area contributed by atoms with Crippen LogP contribution in [0, 0.1) is 0 Å². The summed E-state index contributed by atoms with van der Waals surface area (Å²) < 4.78 is 1.09. The molecule has 2 heterocycles. The summed E-state index contributed by atoms with van der Waals surface area (Å²) in [6, 6.07) is 5.73. The van der Waals surface area contributed by atoms with Crippen LogP contribution in [0.4, 0.5) is 5.13 Å². The van der Waals surface area contributed by atoms with Crippen molar-refractivity contribution in [2.75, 3.05) is 31.1 Å². The number of amides is 1. The van der Waals surface area contributed by atoms with E-state index in [1.807, 2.05) is 23.1 Å². The van der Waals surface area contributed by atoms with Gasteiger partial charge in [0.2, 0.25) is 5.91 Å². The Morgan fingerprint density at radius 1 is 1.33 bits per heavy atom. The summed E-state index contributed by atoms with van der Waals surface area (Å²) in [5.74, 6) is 0.00685. The minimum atomic E-state index is -0.457. The fourth-order valence-corrected chi connectivity index (χ4v) is 3.82. The van der Waals surface area contributed by atoms with Gasteiger partial charge < -0.3 is 9.80 Å². The zero-order valence-electron chi connectivity index (χ0n) is 11.6. The molecule has 1 unspecified atom stereocenters. The Labute approximate surface area is 137 Å². The third kappa shape index (κ3) is 3.10. The fourth-order valence-electron chi connectivity index (χ4n) is 2.39. The summed E-state index contributed by atoms with van der Waals surface area (Å²) in [6.45, 7) is 4.65. The van der Waals surface area contributed by atoms with Crippen molar-refractivity contribution >= 4 is 55.8 Å². The highest BCUT2D eigenvalue weighted by atomic mass is 35.5. The molecule has 0 N–H and O–H groups in total. The Morgan fingerprint density at radius 3 is 2.71 bits per heavy atom. The first-order valence-electron chi connectivity index (χ1n) is 6.78. The van der Waals surface area contributed by atoms with Crippen molar-refractivity contribution in [3.63, 3.8) is 0 Å². The van der Waals surface area contributed by atoms with Crippen LogP contribution in [-0.4, -0.2) is 47.3 Å². The van der Waals surface area contributed by atoms with Gasteiger partial charge in [-0.05, 0) is 25.1 Å². The molecule has 4 nitrogen and oxygen atoms in total. The van der Waals surface area contributed by atoms with Gasteiger partial charge in [0.15, 0.2) is 5.13 Å². The summed E-state index contributed by atoms with van der Waals surface area (Å²) in [7, 11) is 0. The lowest BCUT2D eigenvalue weighted by Gasteiger charge is -2.35. The molecule has 1 aliphatic rings. The Bertz CT molecular complexity index is 665. The van der Waals surface area contributed by atoms with E-state index in [0.29, 0.717) is 13.1 Å². The minimum Gasteiger partial charge on any atom is -0.345 e. The molecule has 2 aromatic rings. The standard InChI is InChI=1S/C14H15Cl2N3OS/c1-9(15)13(20)18-4-6-19(7-5-18)14-17-11-3-2-10(16)8-12(11)21-14/h2-3,8-9H,4-7H2,1H3. The van der Waals surface area contributed by atoms with Crippen molar-refractivity contribution < 1.29 is 4.79 Å². The quantitative estimate of drug-likeness (QED) is 0.785. The molecular formula is C14H15Cl2N3OS. The van der Waals surface area contributed by atoms with E-state index in [1.165, 1.54) is 0 Å². The number of carbonyl (C=O) groups is 1. The van der Waals surface area contributed by atoms with Crippen LogP contribution in [0.15, 0.2) is 18.2 Å². The minimum absolute atomic E-state index is 0.00685. The van der Waals surface area contributed by atoms with Crippen molar-refractivity contribution in [1.29, 1.82) is 0 Å². The number of nitrogens with zero attached hydrogens (tertiary/aromatic N) is 3. The molecular weight excluding hydrogens is 329 g/mol. The molecule has 0 aliphatic carbocycles. The number of fused-ring (bicyclic) bond motifs is 1. The number of aromatic nitrogens is 1. The van der Waals surface area contributed by atoms with Crippen LogP contribution in [0.5, 0.6) is 0 Å². The first-order valence-corrected chi connectivity index (χ1v) is 8.41. The van der Waals surface area contributed by atoms with Gasteiger partial charge in [-0.15, -0.1) is 11.6 Å². The molecule has 1 atom stereocenters. The smallest absolute Gasteiger partial charge is 0.240 e. The van der Waals surface area contributed by atoms with Gasteiger partial charge in [-0.3, -0.25) is 4.79 Å². The van der Waals surface area contributed by atoms with Gasteiger partial charge in [-0.1, -0.05) is 22.9 Å². The van der Waals surface area contributed by atoms with Crippen LogP contribution in [0.25, 0.3) is 10.2 Å². The number of hydrogen-bond donors (Lipinski definition) is 0. The van der Waals surface area contributed by atoms with Crippen molar-refractivity contribution in [2.24, 2.45) is 0 Å². The fraction of sp³-hybridized carbons (Fsp3) is 0.429. The van der Waals surface area contributed by atoms with Crippen molar-refractivity contribution in [2.45, 2.75) is 12.3 Å². The summed E-state index contributed by atoms with van der Waals surface area (Å²) in [6.07, 6.45) is 0. The Hall–Kier alpha value is -1.04. The molecule has 7 heteroatoms. The molecule has 3 rings (SSSR count). The van der Waals surface area contributed by atoms with Gasteiger partial charge >= 0.3 is 0 Å². The predicted molar refractivity (Wildman–Crippen MR) is 88.7 cm³/mol. The average Bonchev–Trinajstić information content (AvgIpc) is 2.89.